The van der Waals surface area contributed by atoms with Crippen LogP contribution in [0.3, 0.4) is 0 Å². The molecule has 0 aliphatic carbocycles. The van der Waals surface area contributed by atoms with Crippen molar-refractivity contribution in [3.63, 3.8) is 0 Å². The predicted molar refractivity (Wildman–Crippen MR) is 117 cm³/mol. The van der Waals surface area contributed by atoms with E-state index in [-0.39, 0.29) is 23.9 Å². The lowest BCUT2D eigenvalue weighted by Gasteiger charge is -2.41. The largest absolute Gasteiger partial charge is 0.492 e. The van der Waals surface area contributed by atoms with Crippen LogP contribution in [0.5, 0.6) is 5.75 Å². The quantitative estimate of drug-likeness (QED) is 0.716. The molecular weight excluding hydrogens is 392 g/mol. The number of amides is 2. The third-order valence-corrected chi connectivity index (χ3v) is 5.90. The van der Waals surface area contributed by atoms with Gasteiger partial charge in [0.2, 0.25) is 0 Å². The number of likely N-dealkylation sites (tertiary alicyclic amines) is 1. The third kappa shape index (κ3) is 4.60. The minimum Gasteiger partial charge on any atom is -0.492 e. The molecule has 2 amide bonds. The molecule has 2 aromatic rings. The number of rotatable bonds is 1. The summed E-state index contributed by atoms with van der Waals surface area (Å²) in [6.07, 6.45) is 8.84. The first-order chi connectivity index (χ1) is 15.0. The van der Waals surface area contributed by atoms with E-state index in [0.717, 1.165) is 19.3 Å². The van der Waals surface area contributed by atoms with Crippen molar-refractivity contribution in [2.45, 2.75) is 51.6 Å². The molecule has 3 heterocycles. The van der Waals surface area contributed by atoms with Gasteiger partial charge in [-0.2, -0.15) is 0 Å². The van der Waals surface area contributed by atoms with Crippen molar-refractivity contribution >= 4 is 11.8 Å². The van der Waals surface area contributed by atoms with Gasteiger partial charge in [0.1, 0.15) is 11.6 Å². The lowest BCUT2D eigenvalue weighted by atomic mass is 9.92. The normalized spacial score (nSPS) is 22.6. The number of hydrogen-bond acceptors (Lipinski definition) is 5. The van der Waals surface area contributed by atoms with Gasteiger partial charge in [-0.25, -0.2) is 9.97 Å². The molecular formula is C24H28N4O3. The lowest BCUT2D eigenvalue weighted by molar-refractivity contribution is 0.0529. The number of piperidine rings is 1. The van der Waals surface area contributed by atoms with Crippen LogP contribution in [0, 0.1) is 13.8 Å². The Kier molecular flexibility index (Phi) is 6.30. The Labute approximate surface area is 182 Å². The molecule has 1 aromatic heterocycles. The highest BCUT2D eigenvalue weighted by atomic mass is 16.5. The zero-order valence-electron chi connectivity index (χ0n) is 18.0. The fourth-order valence-corrected chi connectivity index (χ4v) is 4.33. The smallest absolute Gasteiger partial charge is 0.257 e. The molecule has 0 bridgehead atoms. The van der Waals surface area contributed by atoms with Crippen molar-refractivity contribution in [2.24, 2.45) is 0 Å². The maximum Gasteiger partial charge on any atom is 0.257 e. The van der Waals surface area contributed by atoms with Gasteiger partial charge in [-0.05, 0) is 51.7 Å². The van der Waals surface area contributed by atoms with Crippen molar-refractivity contribution in [1.82, 2.24) is 20.2 Å². The summed E-state index contributed by atoms with van der Waals surface area (Å²) in [5, 5.41) is 3.18. The van der Waals surface area contributed by atoms with Crippen molar-refractivity contribution in [2.75, 3.05) is 13.2 Å². The molecule has 162 valence electrons. The number of carbonyl (C=O) groups is 2. The number of aromatic nitrogens is 2. The van der Waals surface area contributed by atoms with E-state index in [1.807, 2.05) is 36.9 Å². The van der Waals surface area contributed by atoms with Crippen molar-refractivity contribution in [1.29, 1.82) is 0 Å². The minimum absolute atomic E-state index is 0.0781. The number of para-hydroxylation sites is 1. The number of benzene rings is 1. The summed E-state index contributed by atoms with van der Waals surface area (Å²) in [6.45, 7) is 4.80. The highest BCUT2D eigenvalue weighted by Gasteiger charge is 2.36. The first-order valence-electron chi connectivity index (χ1n) is 10.8. The van der Waals surface area contributed by atoms with E-state index >= 15 is 0 Å². The standard InChI is InChI=1S/C24H28N4O3/c1-16-19(15-25-17(2)26-16)24(30)28-13-8-10-20-21(28)11-4-3-7-14-31-22-12-6-5-9-18(22)23(29)27-20/h3-6,9,12,15,20-21H,7-8,10-11,13-14H2,1-2H3,(H,27,29)/b4-3+/t20-,21-/m0/s1. The van der Waals surface area contributed by atoms with Crippen LogP contribution in [0.15, 0.2) is 42.6 Å². The Hall–Kier alpha value is -3.22. The molecule has 7 nitrogen and oxygen atoms in total. The third-order valence-electron chi connectivity index (χ3n) is 5.90. The zero-order chi connectivity index (χ0) is 21.8. The molecule has 1 fully saturated rings. The van der Waals surface area contributed by atoms with Crippen LogP contribution in [0.2, 0.25) is 0 Å². The van der Waals surface area contributed by atoms with Crippen molar-refractivity contribution < 1.29 is 14.3 Å². The molecule has 0 spiro atoms. The van der Waals surface area contributed by atoms with Crippen LogP contribution in [-0.4, -0.2) is 51.9 Å². The molecule has 0 saturated carbocycles. The molecule has 31 heavy (non-hydrogen) atoms. The number of fused-ring (bicyclic) bond motifs is 2. The first kappa shape index (κ1) is 21.0. The molecule has 2 aliphatic rings. The molecule has 2 atom stereocenters. The fraction of sp³-hybridized carbons (Fsp3) is 0.417. The second-order valence-corrected chi connectivity index (χ2v) is 8.04. The summed E-state index contributed by atoms with van der Waals surface area (Å²) in [5.74, 6) is 0.985. The van der Waals surface area contributed by atoms with Gasteiger partial charge < -0.3 is 15.0 Å². The van der Waals surface area contributed by atoms with Crippen LogP contribution < -0.4 is 10.1 Å². The van der Waals surface area contributed by atoms with Crippen LogP contribution in [-0.2, 0) is 0 Å². The number of carbonyl (C=O) groups excluding carboxylic acids is 2. The summed E-state index contributed by atoms with van der Waals surface area (Å²) in [5.41, 5.74) is 1.72. The zero-order valence-corrected chi connectivity index (χ0v) is 18.0. The van der Waals surface area contributed by atoms with Gasteiger partial charge in [-0.1, -0.05) is 24.3 Å². The van der Waals surface area contributed by atoms with Crippen LogP contribution in [0.25, 0.3) is 0 Å². The van der Waals surface area contributed by atoms with Crippen molar-refractivity contribution in [3.05, 3.63) is 65.3 Å². The number of aryl methyl sites for hydroxylation is 2. The average Bonchev–Trinajstić information content (AvgIpc) is 2.75. The molecule has 1 aromatic carbocycles. The highest BCUT2D eigenvalue weighted by molar-refractivity contribution is 5.97. The SMILES string of the molecule is Cc1ncc(C(=O)N2CCC[C@@H]3NC(=O)c4ccccc4OCC/C=C/C[C@@H]32)c(C)n1. The molecule has 0 radical (unpaired) electrons. The van der Waals surface area contributed by atoms with Crippen LogP contribution in [0.4, 0.5) is 0 Å². The minimum atomic E-state index is -0.167. The topological polar surface area (TPSA) is 84.4 Å². The maximum atomic E-state index is 13.4. The average molecular weight is 421 g/mol. The van der Waals surface area contributed by atoms with E-state index in [4.69, 9.17) is 4.74 Å². The summed E-state index contributed by atoms with van der Waals surface area (Å²) in [7, 11) is 0. The summed E-state index contributed by atoms with van der Waals surface area (Å²) in [4.78, 5) is 37.0. The predicted octanol–water partition coefficient (Wildman–Crippen LogP) is 3.23. The second-order valence-electron chi connectivity index (χ2n) is 8.04. The maximum absolute atomic E-state index is 13.4. The van der Waals surface area contributed by atoms with E-state index in [1.165, 1.54) is 0 Å². The van der Waals surface area contributed by atoms with E-state index in [9.17, 15) is 9.59 Å². The van der Waals surface area contributed by atoms with E-state index in [2.05, 4.69) is 27.4 Å². The Morgan fingerprint density at radius 3 is 2.90 bits per heavy atom. The molecule has 1 saturated heterocycles. The second kappa shape index (κ2) is 9.29. The van der Waals surface area contributed by atoms with Crippen LogP contribution in [0.1, 0.15) is 57.9 Å². The van der Waals surface area contributed by atoms with Gasteiger partial charge in [-0.3, -0.25) is 9.59 Å². The van der Waals surface area contributed by atoms with Crippen LogP contribution >= 0.6 is 0 Å². The molecule has 0 unspecified atom stereocenters. The van der Waals surface area contributed by atoms with Gasteiger partial charge >= 0.3 is 0 Å². The number of hydrogen-bond donors (Lipinski definition) is 1. The summed E-state index contributed by atoms with van der Waals surface area (Å²) < 4.78 is 5.82. The Morgan fingerprint density at radius 2 is 2.06 bits per heavy atom. The fourth-order valence-electron chi connectivity index (χ4n) is 4.33. The molecule has 2 aliphatic heterocycles. The monoisotopic (exact) mass is 420 g/mol. The van der Waals surface area contributed by atoms with Gasteiger partial charge in [0, 0.05) is 18.8 Å². The Morgan fingerprint density at radius 1 is 1.23 bits per heavy atom. The van der Waals surface area contributed by atoms with E-state index in [0.29, 0.717) is 48.0 Å². The lowest BCUT2D eigenvalue weighted by Crippen LogP contribution is -2.57. The molecule has 7 heteroatoms. The first-order valence-corrected chi connectivity index (χ1v) is 10.8. The molecule has 4 rings (SSSR count). The van der Waals surface area contributed by atoms with Gasteiger partial charge in [0.25, 0.3) is 11.8 Å². The molecule has 1 N–H and O–H groups in total. The number of nitrogens with zero attached hydrogens (tertiary/aromatic N) is 3. The number of nitrogens with one attached hydrogen (secondary N) is 1. The Bertz CT molecular complexity index is 1000. The Balaban J connectivity index is 1.64. The van der Waals surface area contributed by atoms with Crippen molar-refractivity contribution in [3.8, 4) is 5.75 Å². The number of ether oxygens (including phenoxy) is 1. The van der Waals surface area contributed by atoms with E-state index < -0.39 is 0 Å². The van der Waals surface area contributed by atoms with E-state index in [1.54, 1.807) is 12.3 Å². The summed E-state index contributed by atoms with van der Waals surface area (Å²) in [6, 6.07) is 7.02. The van der Waals surface area contributed by atoms with Gasteiger partial charge in [-0.15, -0.1) is 0 Å². The highest BCUT2D eigenvalue weighted by Crippen LogP contribution is 2.26. The van der Waals surface area contributed by atoms with Gasteiger partial charge in [0.05, 0.1) is 29.5 Å². The summed E-state index contributed by atoms with van der Waals surface area (Å²) >= 11 is 0. The van der Waals surface area contributed by atoms with Gasteiger partial charge in [0.15, 0.2) is 0 Å².